The van der Waals surface area contributed by atoms with Gasteiger partial charge in [-0.25, -0.2) is 4.79 Å². The Kier molecular flexibility index (Phi) is 4.12. The van der Waals surface area contributed by atoms with Crippen LogP contribution in [0.15, 0.2) is 18.2 Å². The van der Waals surface area contributed by atoms with E-state index in [2.05, 4.69) is 16.6 Å². The second kappa shape index (κ2) is 5.56. The Balaban J connectivity index is 2.92. The lowest BCUT2D eigenvalue weighted by Crippen LogP contribution is -2.08. The van der Waals surface area contributed by atoms with Gasteiger partial charge >= 0.3 is 5.97 Å². The summed E-state index contributed by atoms with van der Waals surface area (Å²) in [6.07, 6.45) is -0.0152. The van der Waals surface area contributed by atoms with Crippen molar-refractivity contribution in [2.45, 2.75) is 6.42 Å². The first-order chi connectivity index (χ1) is 8.04. The van der Waals surface area contributed by atoms with Crippen LogP contribution in [0.4, 0.5) is 5.69 Å². The number of rotatable bonds is 2. The summed E-state index contributed by atoms with van der Waals surface area (Å²) >= 11 is 0. The van der Waals surface area contributed by atoms with Gasteiger partial charge in [-0.3, -0.25) is 4.79 Å². The Labute approximate surface area is 98.7 Å². The van der Waals surface area contributed by atoms with Crippen LogP contribution in [-0.4, -0.2) is 19.0 Å². The summed E-state index contributed by atoms with van der Waals surface area (Å²) in [5.41, 5.74) is 11.8. The Morgan fingerprint density at radius 2 is 2.12 bits per heavy atom. The highest BCUT2D eigenvalue weighted by Crippen LogP contribution is 2.14. The van der Waals surface area contributed by atoms with Crippen molar-refractivity contribution in [2.24, 2.45) is 5.73 Å². The Morgan fingerprint density at radius 1 is 1.41 bits per heavy atom. The highest BCUT2D eigenvalue weighted by molar-refractivity contribution is 5.95. The van der Waals surface area contributed by atoms with Crippen molar-refractivity contribution in [1.29, 1.82) is 0 Å². The topological polar surface area (TPSA) is 95.4 Å². The minimum atomic E-state index is -0.501. The maximum Gasteiger partial charge on any atom is 0.339 e. The summed E-state index contributed by atoms with van der Waals surface area (Å²) in [6, 6.07) is 4.69. The van der Waals surface area contributed by atoms with Crippen LogP contribution < -0.4 is 11.5 Å². The van der Waals surface area contributed by atoms with Crippen LogP contribution in [0.2, 0.25) is 0 Å². The first-order valence-corrected chi connectivity index (χ1v) is 4.79. The van der Waals surface area contributed by atoms with Gasteiger partial charge in [-0.15, -0.1) is 0 Å². The summed E-state index contributed by atoms with van der Waals surface area (Å²) in [5, 5.41) is 0. The van der Waals surface area contributed by atoms with E-state index >= 15 is 0 Å². The normalized spacial score (nSPS) is 9.00. The van der Waals surface area contributed by atoms with E-state index in [1.54, 1.807) is 12.1 Å². The number of esters is 1. The first-order valence-electron chi connectivity index (χ1n) is 4.79. The zero-order valence-corrected chi connectivity index (χ0v) is 9.32. The summed E-state index contributed by atoms with van der Waals surface area (Å²) < 4.78 is 4.55. The monoisotopic (exact) mass is 232 g/mol. The first kappa shape index (κ1) is 12.6. The fourth-order valence-electron chi connectivity index (χ4n) is 1.17. The summed E-state index contributed by atoms with van der Waals surface area (Å²) in [7, 11) is 1.28. The molecule has 0 radical (unpaired) electrons. The zero-order chi connectivity index (χ0) is 12.8. The van der Waals surface area contributed by atoms with Crippen LogP contribution in [-0.2, 0) is 9.53 Å². The van der Waals surface area contributed by atoms with Gasteiger partial charge in [0.25, 0.3) is 0 Å². The van der Waals surface area contributed by atoms with E-state index in [-0.39, 0.29) is 17.7 Å². The maximum absolute atomic E-state index is 11.2. The number of anilines is 1. The molecule has 0 fully saturated rings. The number of benzene rings is 1. The predicted octanol–water partition coefficient (Wildman–Crippen LogP) is 0.282. The summed E-state index contributed by atoms with van der Waals surface area (Å²) in [4.78, 5) is 21.7. The lowest BCUT2D eigenvalue weighted by molar-refractivity contribution is -0.117. The van der Waals surface area contributed by atoms with Crippen molar-refractivity contribution in [3.05, 3.63) is 29.3 Å². The van der Waals surface area contributed by atoms with Gasteiger partial charge in [-0.1, -0.05) is 11.8 Å². The molecule has 1 rings (SSSR count). The third-order valence-corrected chi connectivity index (χ3v) is 1.95. The third kappa shape index (κ3) is 3.54. The molecule has 0 aliphatic heterocycles. The molecule has 0 aliphatic carbocycles. The minimum absolute atomic E-state index is 0.0152. The maximum atomic E-state index is 11.2. The van der Waals surface area contributed by atoms with Crippen LogP contribution >= 0.6 is 0 Å². The van der Waals surface area contributed by atoms with Crippen LogP contribution in [0.25, 0.3) is 0 Å². The Bertz CT molecular complexity index is 512. The Hall–Kier alpha value is -2.48. The molecular weight excluding hydrogens is 220 g/mol. The third-order valence-electron chi connectivity index (χ3n) is 1.95. The van der Waals surface area contributed by atoms with E-state index < -0.39 is 11.9 Å². The van der Waals surface area contributed by atoms with E-state index in [1.807, 2.05) is 0 Å². The fourth-order valence-corrected chi connectivity index (χ4v) is 1.17. The highest BCUT2D eigenvalue weighted by atomic mass is 16.5. The largest absolute Gasteiger partial charge is 0.465 e. The van der Waals surface area contributed by atoms with Gasteiger partial charge in [0, 0.05) is 11.3 Å². The van der Waals surface area contributed by atoms with E-state index in [4.69, 9.17) is 11.5 Å². The van der Waals surface area contributed by atoms with Crippen LogP contribution in [0.5, 0.6) is 0 Å². The molecule has 0 saturated heterocycles. The molecule has 1 amide bonds. The Morgan fingerprint density at radius 3 is 2.65 bits per heavy atom. The van der Waals surface area contributed by atoms with Gasteiger partial charge in [-0.05, 0) is 18.2 Å². The molecule has 0 spiro atoms. The SMILES string of the molecule is COC(=O)c1ccc(C#CCC(N)=O)cc1N. The van der Waals surface area contributed by atoms with Crippen molar-refractivity contribution >= 4 is 17.6 Å². The molecule has 1 aromatic rings. The van der Waals surface area contributed by atoms with Gasteiger partial charge in [-0.2, -0.15) is 0 Å². The number of hydrogen-bond donors (Lipinski definition) is 2. The molecule has 0 saturated carbocycles. The average molecular weight is 232 g/mol. The number of ether oxygens (including phenoxy) is 1. The molecule has 5 nitrogen and oxygen atoms in total. The molecule has 0 atom stereocenters. The molecule has 0 heterocycles. The number of carbonyl (C=O) groups is 2. The van der Waals surface area contributed by atoms with Crippen molar-refractivity contribution < 1.29 is 14.3 Å². The molecule has 4 N–H and O–H groups in total. The smallest absolute Gasteiger partial charge is 0.339 e. The number of carbonyl (C=O) groups excluding carboxylic acids is 2. The molecule has 0 aromatic heterocycles. The molecule has 5 heteroatoms. The van der Waals surface area contributed by atoms with Gasteiger partial charge in [0.2, 0.25) is 5.91 Å². The zero-order valence-electron chi connectivity index (χ0n) is 9.32. The molecule has 0 unspecified atom stereocenters. The van der Waals surface area contributed by atoms with Crippen molar-refractivity contribution in [2.75, 3.05) is 12.8 Å². The standard InChI is InChI=1S/C12H12N2O3/c1-17-12(16)9-6-5-8(7-10(9)13)3-2-4-11(14)15/h5-7H,4,13H2,1H3,(H2,14,15). The summed E-state index contributed by atoms with van der Waals surface area (Å²) in [5.74, 6) is 4.32. The molecule has 0 aliphatic rings. The lowest BCUT2D eigenvalue weighted by Gasteiger charge is -2.03. The van der Waals surface area contributed by atoms with Gasteiger partial charge in [0.1, 0.15) is 0 Å². The fraction of sp³-hybridized carbons (Fsp3) is 0.167. The second-order valence-electron chi connectivity index (χ2n) is 3.24. The van der Waals surface area contributed by atoms with E-state index in [1.165, 1.54) is 13.2 Å². The summed E-state index contributed by atoms with van der Waals surface area (Å²) in [6.45, 7) is 0. The molecule has 88 valence electrons. The number of hydrogen-bond acceptors (Lipinski definition) is 4. The number of nitrogen functional groups attached to an aromatic ring is 1. The number of primary amides is 1. The highest BCUT2D eigenvalue weighted by Gasteiger charge is 2.09. The minimum Gasteiger partial charge on any atom is -0.465 e. The van der Waals surface area contributed by atoms with E-state index in [9.17, 15) is 9.59 Å². The van der Waals surface area contributed by atoms with Gasteiger partial charge in [0.15, 0.2) is 0 Å². The average Bonchev–Trinajstić information content (AvgIpc) is 2.28. The van der Waals surface area contributed by atoms with Crippen molar-refractivity contribution in [1.82, 2.24) is 0 Å². The van der Waals surface area contributed by atoms with Crippen molar-refractivity contribution in [3.8, 4) is 11.8 Å². The second-order valence-corrected chi connectivity index (χ2v) is 3.24. The molecule has 1 aromatic carbocycles. The van der Waals surface area contributed by atoms with Crippen molar-refractivity contribution in [3.63, 3.8) is 0 Å². The van der Waals surface area contributed by atoms with Gasteiger partial charge < -0.3 is 16.2 Å². The number of amides is 1. The van der Waals surface area contributed by atoms with Gasteiger partial charge in [0.05, 0.1) is 19.1 Å². The molecular formula is C12H12N2O3. The predicted molar refractivity (Wildman–Crippen MR) is 62.9 cm³/mol. The molecule has 0 bridgehead atoms. The van der Waals surface area contributed by atoms with Crippen LogP contribution in [0, 0.1) is 11.8 Å². The molecule has 17 heavy (non-hydrogen) atoms. The quantitative estimate of drug-likeness (QED) is 0.435. The van der Waals surface area contributed by atoms with E-state index in [0.717, 1.165) is 0 Å². The van der Waals surface area contributed by atoms with E-state index in [0.29, 0.717) is 5.56 Å². The number of nitrogens with two attached hydrogens (primary N) is 2. The van der Waals surface area contributed by atoms with Crippen LogP contribution in [0.3, 0.4) is 0 Å². The lowest BCUT2D eigenvalue weighted by atomic mass is 10.1. The van der Waals surface area contributed by atoms with Crippen LogP contribution in [0.1, 0.15) is 22.3 Å². The number of methoxy groups -OCH3 is 1.